The molecule has 2 unspecified atom stereocenters. The molecule has 2 fully saturated rings. The van der Waals surface area contributed by atoms with Gasteiger partial charge in [-0.05, 0) is 157 Å². The molecule has 1 aromatic heterocycles. The summed E-state index contributed by atoms with van der Waals surface area (Å²) in [5, 5.41) is 2.62. The Morgan fingerprint density at radius 3 is 1.45 bits per heavy atom. The summed E-state index contributed by atoms with van der Waals surface area (Å²) >= 11 is 1.86. The average Bonchev–Trinajstić information content (AvgIpc) is 3.60. The molecule has 0 aliphatic heterocycles. The van der Waals surface area contributed by atoms with Crippen molar-refractivity contribution in [1.29, 1.82) is 0 Å². The van der Waals surface area contributed by atoms with Gasteiger partial charge in [0.2, 0.25) is 0 Å². The van der Waals surface area contributed by atoms with Gasteiger partial charge in [0.15, 0.2) is 0 Å². The Morgan fingerprint density at radius 2 is 0.875 bits per heavy atom. The first kappa shape index (κ1) is 34.8. The second-order valence-electron chi connectivity index (χ2n) is 16.7. The van der Waals surface area contributed by atoms with Crippen LogP contribution in [0.1, 0.15) is 51.5 Å². The highest BCUT2D eigenvalue weighted by Crippen LogP contribution is 2.54. The van der Waals surface area contributed by atoms with Gasteiger partial charge in [-0.25, -0.2) is 0 Å². The summed E-state index contributed by atoms with van der Waals surface area (Å²) in [6.07, 6.45) is 6.82. The van der Waals surface area contributed by atoms with Gasteiger partial charge in [-0.2, -0.15) is 0 Å². The highest BCUT2D eigenvalue weighted by molar-refractivity contribution is 7.25. The predicted molar refractivity (Wildman–Crippen MR) is 241 cm³/mol. The molecule has 0 radical (unpaired) electrons. The molecular formula is C53H48N2S. The van der Waals surface area contributed by atoms with Gasteiger partial charge in [-0.1, -0.05) is 105 Å². The summed E-state index contributed by atoms with van der Waals surface area (Å²) in [5.74, 6) is 2.49. The van der Waals surface area contributed by atoms with Gasteiger partial charge in [-0.15, -0.1) is 11.3 Å². The van der Waals surface area contributed by atoms with Crippen LogP contribution in [0.25, 0.3) is 31.3 Å². The van der Waals surface area contributed by atoms with Crippen molar-refractivity contribution < 1.29 is 0 Å². The summed E-state index contributed by atoms with van der Waals surface area (Å²) in [6, 6.07) is 64.9. The monoisotopic (exact) mass is 744 g/mol. The zero-order valence-corrected chi connectivity index (χ0v) is 33.1. The maximum absolute atomic E-state index is 2.48. The molecule has 2 nitrogen and oxygen atoms in total. The molecule has 8 aromatic rings. The molecule has 2 saturated carbocycles. The van der Waals surface area contributed by atoms with Crippen molar-refractivity contribution in [2.75, 3.05) is 9.80 Å². The third-order valence-electron chi connectivity index (χ3n) is 12.6. The van der Waals surface area contributed by atoms with Crippen molar-refractivity contribution in [3.8, 4) is 11.1 Å². The van der Waals surface area contributed by atoms with Crippen LogP contribution in [-0.2, 0) is 5.41 Å². The minimum atomic E-state index is 0.331. The van der Waals surface area contributed by atoms with Crippen LogP contribution < -0.4 is 9.80 Å². The summed E-state index contributed by atoms with van der Waals surface area (Å²) in [5.41, 5.74) is 11.2. The van der Waals surface area contributed by atoms with Gasteiger partial charge in [0.25, 0.3) is 0 Å². The van der Waals surface area contributed by atoms with E-state index in [9.17, 15) is 0 Å². The van der Waals surface area contributed by atoms with Crippen LogP contribution in [0.2, 0.25) is 0 Å². The fraction of sp³-hybridized carbons (Fsp3) is 0.208. The number of nitrogens with zero attached hydrogens (tertiary/aromatic N) is 2. The van der Waals surface area contributed by atoms with Crippen LogP contribution in [0.3, 0.4) is 0 Å². The van der Waals surface area contributed by atoms with E-state index in [2.05, 4.69) is 200 Å². The molecule has 2 atom stereocenters. The highest BCUT2D eigenvalue weighted by atomic mass is 32.1. The Morgan fingerprint density at radius 1 is 0.429 bits per heavy atom. The van der Waals surface area contributed by atoms with E-state index in [1.54, 1.807) is 5.56 Å². The molecule has 2 bridgehead atoms. The lowest BCUT2D eigenvalue weighted by Gasteiger charge is -2.50. The number of fused-ring (bicyclic) bond motifs is 5. The molecule has 7 aromatic carbocycles. The Bertz CT molecular complexity index is 2570. The Kier molecular flexibility index (Phi) is 8.99. The second-order valence-corrected chi connectivity index (χ2v) is 17.8. The molecule has 10 rings (SSSR count). The number of hydrogen-bond acceptors (Lipinski definition) is 3. The highest BCUT2D eigenvalue weighted by Gasteiger charge is 2.45. The second kappa shape index (κ2) is 14.5. The summed E-state index contributed by atoms with van der Waals surface area (Å²) in [6.45, 7) is 4.96. The van der Waals surface area contributed by atoms with Crippen LogP contribution in [0.4, 0.5) is 34.1 Å². The quantitative estimate of drug-likeness (QED) is 0.153. The van der Waals surface area contributed by atoms with Gasteiger partial charge in [0, 0.05) is 54.3 Å². The average molecular weight is 745 g/mol. The largest absolute Gasteiger partial charge is 0.311 e. The van der Waals surface area contributed by atoms with Crippen LogP contribution in [0, 0.1) is 17.8 Å². The molecule has 3 heteroatoms. The molecule has 2 aliphatic carbocycles. The van der Waals surface area contributed by atoms with Crippen molar-refractivity contribution in [2.24, 2.45) is 17.8 Å². The molecule has 0 amide bonds. The lowest BCUT2D eigenvalue weighted by Crippen LogP contribution is -2.42. The molecule has 0 spiro atoms. The van der Waals surface area contributed by atoms with Crippen LogP contribution >= 0.6 is 11.3 Å². The minimum absolute atomic E-state index is 0.331. The molecule has 276 valence electrons. The number of anilines is 6. The molecule has 56 heavy (non-hydrogen) atoms. The number of para-hydroxylation sites is 2. The fourth-order valence-corrected chi connectivity index (χ4v) is 11.6. The van der Waals surface area contributed by atoms with Gasteiger partial charge in [-0.3, -0.25) is 0 Å². The van der Waals surface area contributed by atoms with E-state index in [0.29, 0.717) is 5.41 Å². The van der Waals surface area contributed by atoms with Crippen LogP contribution in [0.15, 0.2) is 176 Å². The maximum atomic E-state index is 2.48. The van der Waals surface area contributed by atoms with E-state index in [1.165, 1.54) is 74.8 Å². The zero-order chi connectivity index (χ0) is 37.6. The van der Waals surface area contributed by atoms with E-state index >= 15 is 0 Å². The van der Waals surface area contributed by atoms with Crippen molar-refractivity contribution >= 4 is 65.6 Å². The zero-order valence-electron chi connectivity index (χ0n) is 32.3. The van der Waals surface area contributed by atoms with Gasteiger partial charge < -0.3 is 9.80 Å². The SMILES string of the molecule is CC1CC2CC(C)CC(c3ccc(N(c4ccccc4)c4ccc(-c5ccc(N(c6ccccc6)c6ccc7sc8ccccc8c7c6)cc5)cc4)cc3)(C1)C2. The van der Waals surface area contributed by atoms with Gasteiger partial charge >= 0.3 is 0 Å². The van der Waals surface area contributed by atoms with Crippen molar-refractivity contribution in [1.82, 2.24) is 0 Å². The molecule has 1 heterocycles. The van der Waals surface area contributed by atoms with Crippen molar-refractivity contribution in [2.45, 2.75) is 51.4 Å². The number of benzene rings is 7. The smallest absolute Gasteiger partial charge is 0.0468 e. The van der Waals surface area contributed by atoms with Gasteiger partial charge in [0.05, 0.1) is 0 Å². The summed E-state index contributed by atoms with van der Waals surface area (Å²) in [4.78, 5) is 4.76. The van der Waals surface area contributed by atoms with Crippen molar-refractivity contribution in [3.63, 3.8) is 0 Å². The first-order valence-electron chi connectivity index (χ1n) is 20.4. The first-order valence-corrected chi connectivity index (χ1v) is 21.2. The van der Waals surface area contributed by atoms with Crippen LogP contribution in [-0.4, -0.2) is 0 Å². The van der Waals surface area contributed by atoms with E-state index < -0.39 is 0 Å². The van der Waals surface area contributed by atoms with E-state index in [1.807, 2.05) is 11.3 Å². The van der Waals surface area contributed by atoms with Crippen molar-refractivity contribution in [3.05, 3.63) is 181 Å². The standard InChI is InChI=1S/C53H48N2S/c1-37-31-39-32-38(2)35-53(34-37,36-39)42-21-27-47(28-22-42)54(43-11-5-3-6-12-43)45-23-17-40(18-24-45)41-19-25-46(26-20-41)55(44-13-7-4-8-14-44)48-29-30-52-50(33-48)49-15-9-10-16-51(49)56-52/h3-30,33,37-39H,31-32,34-36H2,1-2H3. The third-order valence-corrected chi connectivity index (χ3v) is 13.8. The summed E-state index contributed by atoms with van der Waals surface area (Å²) < 4.78 is 2.64. The van der Waals surface area contributed by atoms with E-state index in [4.69, 9.17) is 0 Å². The van der Waals surface area contributed by atoms with Crippen LogP contribution in [0.5, 0.6) is 0 Å². The predicted octanol–water partition coefficient (Wildman–Crippen LogP) is 15.8. The Labute approximate surface area is 335 Å². The Balaban J connectivity index is 0.951. The Hall–Kier alpha value is -5.64. The number of rotatable bonds is 8. The molecule has 0 N–H and O–H groups in total. The third kappa shape index (κ3) is 6.48. The normalized spacial score (nSPS) is 20.6. The molecule has 2 aliphatic rings. The first-order chi connectivity index (χ1) is 27.5. The van der Waals surface area contributed by atoms with Gasteiger partial charge in [0.1, 0.15) is 0 Å². The lowest BCUT2D eigenvalue weighted by molar-refractivity contribution is 0.0780. The maximum Gasteiger partial charge on any atom is 0.0468 e. The van der Waals surface area contributed by atoms with E-state index in [-0.39, 0.29) is 0 Å². The fourth-order valence-electron chi connectivity index (χ4n) is 10.5. The lowest BCUT2D eigenvalue weighted by atomic mass is 9.54. The minimum Gasteiger partial charge on any atom is -0.311 e. The topological polar surface area (TPSA) is 6.48 Å². The number of hydrogen-bond donors (Lipinski definition) is 0. The number of thiophene rings is 1. The summed E-state index contributed by atoms with van der Waals surface area (Å²) in [7, 11) is 0. The molecular weight excluding hydrogens is 697 g/mol. The van der Waals surface area contributed by atoms with E-state index in [0.717, 1.165) is 40.5 Å². The molecule has 0 saturated heterocycles.